The van der Waals surface area contributed by atoms with Gasteiger partial charge in [-0.3, -0.25) is 4.57 Å². The van der Waals surface area contributed by atoms with E-state index in [0.29, 0.717) is 10.5 Å². The van der Waals surface area contributed by atoms with Gasteiger partial charge in [-0.1, -0.05) is 24.3 Å². The predicted octanol–water partition coefficient (Wildman–Crippen LogP) is 7.54. The van der Waals surface area contributed by atoms with E-state index in [-0.39, 0.29) is 28.2 Å². The van der Waals surface area contributed by atoms with Crippen LogP contribution in [0.15, 0.2) is 71.0 Å². The average Bonchev–Trinajstić information content (AvgIpc) is 3.45. The predicted molar refractivity (Wildman–Crippen MR) is 141 cm³/mol. The van der Waals surface area contributed by atoms with Crippen LogP contribution in [0.4, 0.5) is 18.3 Å². The number of aromatic hydroxyl groups is 1. The summed E-state index contributed by atoms with van der Waals surface area (Å²) < 4.78 is 41.7. The molecule has 2 N–H and O–H groups in total. The molecule has 5 aromatic rings. The fraction of sp³-hybridized carbons (Fsp3) is 0.107. The molecule has 38 heavy (non-hydrogen) atoms. The Hall–Kier alpha value is -4.44. The van der Waals surface area contributed by atoms with Gasteiger partial charge in [0.15, 0.2) is 0 Å². The Bertz CT molecular complexity index is 1730. The molecule has 0 fully saturated rings. The van der Waals surface area contributed by atoms with Gasteiger partial charge in [0.25, 0.3) is 0 Å². The van der Waals surface area contributed by atoms with Gasteiger partial charge in [0, 0.05) is 28.2 Å². The lowest BCUT2D eigenvalue weighted by Gasteiger charge is -2.10. The van der Waals surface area contributed by atoms with Crippen molar-refractivity contribution < 1.29 is 28.2 Å². The zero-order valence-electron chi connectivity index (χ0n) is 20.1. The lowest BCUT2D eigenvalue weighted by molar-refractivity contribution is -0.137. The van der Waals surface area contributed by atoms with Gasteiger partial charge in [0.1, 0.15) is 0 Å². The first-order valence-electron chi connectivity index (χ1n) is 11.4. The van der Waals surface area contributed by atoms with E-state index in [4.69, 9.17) is 0 Å². The molecule has 0 radical (unpaired) electrons. The third-order valence-corrected chi connectivity index (χ3v) is 7.01. The molecule has 192 valence electrons. The van der Waals surface area contributed by atoms with Crippen LogP contribution in [-0.4, -0.2) is 31.9 Å². The Morgan fingerprint density at radius 1 is 1.05 bits per heavy atom. The number of hydrogen-bond donors (Lipinski definition) is 2. The first-order chi connectivity index (χ1) is 18.0. The number of carbonyl (C=O) groups is 1. The van der Waals surface area contributed by atoms with E-state index in [0.717, 1.165) is 34.5 Å². The number of aromatic carboxylic acids is 1. The number of carboxylic acids is 1. The van der Waals surface area contributed by atoms with Crippen molar-refractivity contribution in [2.75, 3.05) is 0 Å². The third-order valence-electron chi connectivity index (χ3n) is 6.26. The van der Waals surface area contributed by atoms with Crippen molar-refractivity contribution in [3.05, 3.63) is 93.9 Å². The highest BCUT2D eigenvalue weighted by molar-refractivity contribution is 7.13. The van der Waals surface area contributed by atoms with Crippen molar-refractivity contribution >= 4 is 39.6 Å². The van der Waals surface area contributed by atoms with Crippen molar-refractivity contribution in [3.8, 4) is 22.8 Å². The molecule has 10 heteroatoms. The minimum atomic E-state index is -4.61. The largest absolute Gasteiger partial charge is 0.494 e. The summed E-state index contributed by atoms with van der Waals surface area (Å²) in [6.45, 7) is 4.04. The molecule has 0 saturated carbocycles. The molecule has 0 bridgehead atoms. The molecule has 3 aromatic carbocycles. The van der Waals surface area contributed by atoms with Crippen molar-refractivity contribution in [1.29, 1.82) is 0 Å². The summed E-state index contributed by atoms with van der Waals surface area (Å²) in [7, 11) is 0. The van der Waals surface area contributed by atoms with Crippen LogP contribution >= 0.6 is 11.3 Å². The number of carboxylic acid groups (broad SMARTS) is 1. The molecule has 0 spiro atoms. The maximum atomic E-state index is 13.5. The number of aryl methyl sites for hydroxylation is 2. The summed E-state index contributed by atoms with van der Waals surface area (Å²) in [6, 6.07) is 14.7. The Morgan fingerprint density at radius 2 is 1.84 bits per heavy atom. The van der Waals surface area contributed by atoms with Crippen molar-refractivity contribution in [2.45, 2.75) is 20.0 Å². The second kappa shape index (κ2) is 9.46. The Kier molecular flexibility index (Phi) is 6.28. The minimum absolute atomic E-state index is 0.0521. The van der Waals surface area contributed by atoms with E-state index in [9.17, 15) is 28.2 Å². The SMILES string of the molecule is Cc1ccc(-c2csc(N=Cc3c(O)n(-c4cccc(C(=O)O)c4)c4cc(C(F)(F)F)ccc34)n2)cc1C. The molecule has 0 unspecified atom stereocenters. The summed E-state index contributed by atoms with van der Waals surface area (Å²) in [4.78, 5) is 20.4. The molecule has 0 atom stereocenters. The molecule has 0 amide bonds. The van der Waals surface area contributed by atoms with Gasteiger partial charge in [-0.05, 0) is 61.4 Å². The number of fused-ring (bicyclic) bond motifs is 1. The highest BCUT2D eigenvalue weighted by atomic mass is 32.1. The smallest absolute Gasteiger partial charge is 0.416 e. The lowest BCUT2D eigenvalue weighted by atomic mass is 10.1. The molecule has 2 aromatic heterocycles. The van der Waals surface area contributed by atoms with Gasteiger partial charge in [-0.15, -0.1) is 11.3 Å². The maximum Gasteiger partial charge on any atom is 0.416 e. The summed E-state index contributed by atoms with van der Waals surface area (Å²) in [5.41, 5.74) is 3.40. The van der Waals surface area contributed by atoms with Gasteiger partial charge in [-0.2, -0.15) is 13.2 Å². The highest BCUT2D eigenvalue weighted by Crippen LogP contribution is 2.38. The zero-order chi connectivity index (χ0) is 27.2. The van der Waals surface area contributed by atoms with Gasteiger partial charge < -0.3 is 10.2 Å². The second-order valence-electron chi connectivity index (χ2n) is 8.73. The topological polar surface area (TPSA) is 87.7 Å². The molecule has 0 saturated heterocycles. The third kappa shape index (κ3) is 4.66. The van der Waals surface area contributed by atoms with E-state index in [1.165, 1.54) is 52.5 Å². The molecular formula is C28H20F3N3O3S. The van der Waals surface area contributed by atoms with Crippen LogP contribution in [0.1, 0.15) is 32.6 Å². The van der Waals surface area contributed by atoms with Crippen LogP contribution in [-0.2, 0) is 6.18 Å². The standard InChI is InChI=1S/C28H20F3N3O3S/c1-15-6-7-17(10-16(15)2)23-14-38-27(33-23)32-13-22-21-9-8-19(28(29,30)31)12-24(21)34(25(22)35)20-5-3-4-18(11-20)26(36)37/h3-14,35H,1-2H3,(H,36,37). The Morgan fingerprint density at radius 3 is 2.55 bits per heavy atom. The van der Waals surface area contributed by atoms with E-state index >= 15 is 0 Å². The second-order valence-corrected chi connectivity index (χ2v) is 9.57. The fourth-order valence-electron chi connectivity index (χ4n) is 4.12. The normalized spacial score (nSPS) is 12.0. The number of alkyl halides is 3. The highest BCUT2D eigenvalue weighted by Gasteiger charge is 2.31. The Balaban J connectivity index is 1.62. The van der Waals surface area contributed by atoms with Crippen LogP contribution in [0.2, 0.25) is 0 Å². The van der Waals surface area contributed by atoms with Gasteiger partial charge >= 0.3 is 12.1 Å². The number of aromatic nitrogens is 2. The van der Waals surface area contributed by atoms with Gasteiger partial charge in [-0.25, -0.2) is 14.8 Å². The number of hydrogen-bond acceptors (Lipinski definition) is 5. The van der Waals surface area contributed by atoms with Crippen LogP contribution in [0, 0.1) is 13.8 Å². The average molecular weight is 536 g/mol. The number of rotatable bonds is 5. The van der Waals surface area contributed by atoms with Crippen LogP contribution in [0.25, 0.3) is 27.8 Å². The van der Waals surface area contributed by atoms with Crippen LogP contribution in [0.5, 0.6) is 5.88 Å². The molecule has 0 aliphatic heterocycles. The number of halogens is 3. The summed E-state index contributed by atoms with van der Waals surface area (Å²) in [6.07, 6.45) is -3.26. The number of aliphatic imine (C=N–C) groups is 1. The quantitative estimate of drug-likeness (QED) is 0.228. The Labute approximate surface area is 219 Å². The maximum absolute atomic E-state index is 13.5. The first kappa shape index (κ1) is 25.2. The zero-order valence-corrected chi connectivity index (χ0v) is 20.9. The van der Waals surface area contributed by atoms with E-state index in [1.54, 1.807) is 0 Å². The molecule has 2 heterocycles. The molecule has 0 aliphatic carbocycles. The summed E-state index contributed by atoms with van der Waals surface area (Å²) in [5, 5.41) is 23.1. The van der Waals surface area contributed by atoms with Crippen molar-refractivity contribution in [1.82, 2.24) is 9.55 Å². The minimum Gasteiger partial charge on any atom is -0.494 e. The number of nitrogens with zero attached hydrogens (tertiary/aromatic N) is 3. The lowest BCUT2D eigenvalue weighted by Crippen LogP contribution is -2.05. The summed E-state index contributed by atoms with van der Waals surface area (Å²) >= 11 is 1.29. The molecule has 0 aliphatic rings. The van der Waals surface area contributed by atoms with Crippen molar-refractivity contribution in [3.63, 3.8) is 0 Å². The van der Waals surface area contributed by atoms with Crippen molar-refractivity contribution in [2.24, 2.45) is 4.99 Å². The number of thiazole rings is 1. The van der Waals surface area contributed by atoms with Gasteiger partial charge in [0.2, 0.25) is 11.0 Å². The molecule has 6 nitrogen and oxygen atoms in total. The van der Waals surface area contributed by atoms with E-state index < -0.39 is 17.7 Å². The van der Waals surface area contributed by atoms with E-state index in [1.807, 2.05) is 37.4 Å². The number of benzene rings is 3. The van der Waals surface area contributed by atoms with Crippen LogP contribution < -0.4 is 0 Å². The van der Waals surface area contributed by atoms with Crippen LogP contribution in [0.3, 0.4) is 0 Å². The molecular weight excluding hydrogens is 515 g/mol. The monoisotopic (exact) mass is 535 g/mol. The first-order valence-corrected chi connectivity index (χ1v) is 12.3. The summed E-state index contributed by atoms with van der Waals surface area (Å²) in [5.74, 6) is -1.58. The molecule has 5 rings (SSSR count). The van der Waals surface area contributed by atoms with Gasteiger partial charge in [0.05, 0.1) is 27.9 Å². The van der Waals surface area contributed by atoms with E-state index in [2.05, 4.69) is 9.98 Å². The fourth-order valence-corrected chi connectivity index (χ4v) is 4.79.